The van der Waals surface area contributed by atoms with Crippen LogP contribution in [0.5, 0.6) is 0 Å². The molecular weight excluding hydrogens is 304 g/mol. The van der Waals surface area contributed by atoms with E-state index in [9.17, 15) is 4.79 Å². The average Bonchev–Trinajstić information content (AvgIpc) is 2.41. The minimum Gasteiger partial charge on any atom is -0.352 e. The lowest BCUT2D eigenvalue weighted by Gasteiger charge is -2.06. The number of carbonyl (C=O) groups is 1. The Bertz CT molecular complexity index is 567. The summed E-state index contributed by atoms with van der Waals surface area (Å²) in [5.74, 6) is 0.00692. The maximum absolute atomic E-state index is 11.9. The summed E-state index contributed by atoms with van der Waals surface area (Å²) in [6.07, 6.45) is 2.16. The molecule has 98 valence electrons. The maximum atomic E-state index is 11.9. The first-order chi connectivity index (χ1) is 9.15. The molecule has 1 amide bonds. The minimum absolute atomic E-state index is 0.00692. The first kappa shape index (κ1) is 13.7. The van der Waals surface area contributed by atoms with Gasteiger partial charge in [0.2, 0.25) is 5.91 Å². The summed E-state index contributed by atoms with van der Waals surface area (Å²) in [5.41, 5.74) is 2.97. The van der Waals surface area contributed by atoms with Crippen LogP contribution >= 0.6 is 15.9 Å². The molecule has 1 N–H and O–H groups in total. The number of hydrogen-bond acceptors (Lipinski definition) is 2. The van der Waals surface area contributed by atoms with Crippen molar-refractivity contribution in [3.8, 4) is 0 Å². The highest BCUT2D eigenvalue weighted by molar-refractivity contribution is 9.10. The summed E-state index contributed by atoms with van der Waals surface area (Å²) >= 11 is 3.44. The molecule has 0 bridgehead atoms. The van der Waals surface area contributed by atoms with Gasteiger partial charge in [-0.05, 0) is 30.2 Å². The third kappa shape index (κ3) is 4.17. The van der Waals surface area contributed by atoms with Crippen LogP contribution in [-0.4, -0.2) is 10.9 Å². The van der Waals surface area contributed by atoms with E-state index in [1.807, 2.05) is 43.3 Å². The molecule has 2 rings (SSSR count). The van der Waals surface area contributed by atoms with Gasteiger partial charge >= 0.3 is 0 Å². The minimum atomic E-state index is 0.00692. The number of aryl methyl sites for hydroxylation is 1. The SMILES string of the molecule is Cc1ccc(CNC(=O)Cc2ccccc2Br)cn1. The van der Waals surface area contributed by atoms with Crippen molar-refractivity contribution < 1.29 is 4.79 Å². The number of rotatable bonds is 4. The molecule has 0 unspecified atom stereocenters. The smallest absolute Gasteiger partial charge is 0.224 e. The molecule has 3 nitrogen and oxygen atoms in total. The topological polar surface area (TPSA) is 42.0 Å². The van der Waals surface area contributed by atoms with E-state index in [1.54, 1.807) is 6.20 Å². The predicted molar refractivity (Wildman–Crippen MR) is 78.7 cm³/mol. The number of pyridine rings is 1. The lowest BCUT2D eigenvalue weighted by atomic mass is 10.1. The quantitative estimate of drug-likeness (QED) is 0.941. The fourth-order valence-electron chi connectivity index (χ4n) is 1.68. The number of nitrogens with zero attached hydrogens (tertiary/aromatic N) is 1. The lowest BCUT2D eigenvalue weighted by Crippen LogP contribution is -2.24. The molecule has 0 aliphatic heterocycles. The van der Waals surface area contributed by atoms with Crippen LogP contribution in [0.4, 0.5) is 0 Å². The summed E-state index contributed by atoms with van der Waals surface area (Å²) in [4.78, 5) is 16.0. The van der Waals surface area contributed by atoms with Crippen molar-refractivity contribution in [2.24, 2.45) is 0 Å². The number of halogens is 1. The van der Waals surface area contributed by atoms with Gasteiger partial charge in [-0.25, -0.2) is 0 Å². The van der Waals surface area contributed by atoms with Gasteiger partial charge in [-0.1, -0.05) is 40.2 Å². The summed E-state index contributed by atoms with van der Waals surface area (Å²) in [5, 5.41) is 2.89. The molecule has 0 atom stereocenters. The van der Waals surface area contributed by atoms with E-state index in [1.165, 1.54) is 0 Å². The van der Waals surface area contributed by atoms with Crippen LogP contribution in [0.2, 0.25) is 0 Å². The second kappa shape index (κ2) is 6.48. The first-order valence-corrected chi connectivity index (χ1v) is 6.86. The van der Waals surface area contributed by atoms with Crippen molar-refractivity contribution in [3.05, 3.63) is 63.9 Å². The lowest BCUT2D eigenvalue weighted by molar-refractivity contribution is -0.120. The van der Waals surface area contributed by atoms with Crippen molar-refractivity contribution in [1.29, 1.82) is 0 Å². The van der Waals surface area contributed by atoms with E-state index < -0.39 is 0 Å². The Hall–Kier alpha value is -1.68. The molecule has 1 aromatic carbocycles. The number of benzene rings is 1. The van der Waals surface area contributed by atoms with Crippen molar-refractivity contribution >= 4 is 21.8 Å². The van der Waals surface area contributed by atoms with Crippen LogP contribution in [-0.2, 0) is 17.8 Å². The third-order valence-electron chi connectivity index (χ3n) is 2.77. The third-order valence-corrected chi connectivity index (χ3v) is 3.54. The zero-order chi connectivity index (χ0) is 13.7. The van der Waals surface area contributed by atoms with Crippen LogP contribution in [0.3, 0.4) is 0 Å². The first-order valence-electron chi connectivity index (χ1n) is 6.07. The predicted octanol–water partition coefficient (Wildman–Crippen LogP) is 3.01. The molecule has 0 spiro atoms. The molecule has 0 aliphatic carbocycles. The van der Waals surface area contributed by atoms with Crippen LogP contribution in [0.15, 0.2) is 47.1 Å². The van der Waals surface area contributed by atoms with E-state index in [2.05, 4.69) is 26.2 Å². The maximum Gasteiger partial charge on any atom is 0.224 e. The Labute approximate surface area is 121 Å². The van der Waals surface area contributed by atoms with Crippen LogP contribution in [0.25, 0.3) is 0 Å². The Morgan fingerprint density at radius 3 is 2.74 bits per heavy atom. The molecule has 0 saturated carbocycles. The summed E-state index contributed by atoms with van der Waals surface area (Å²) in [6, 6.07) is 11.7. The van der Waals surface area contributed by atoms with Gasteiger partial charge in [-0.2, -0.15) is 0 Å². The number of nitrogens with one attached hydrogen (secondary N) is 1. The highest BCUT2D eigenvalue weighted by Crippen LogP contribution is 2.16. The molecule has 0 saturated heterocycles. The fraction of sp³-hybridized carbons (Fsp3) is 0.200. The molecule has 2 aromatic rings. The highest BCUT2D eigenvalue weighted by atomic mass is 79.9. The van der Waals surface area contributed by atoms with Gasteiger partial charge < -0.3 is 5.32 Å². The normalized spacial score (nSPS) is 10.2. The standard InChI is InChI=1S/C15H15BrN2O/c1-11-6-7-12(9-17-11)10-18-15(19)8-13-4-2-3-5-14(13)16/h2-7,9H,8,10H2,1H3,(H,18,19). The van der Waals surface area contributed by atoms with Gasteiger partial charge in [0.25, 0.3) is 0 Å². The molecule has 1 aromatic heterocycles. The van der Waals surface area contributed by atoms with Crippen LogP contribution in [0.1, 0.15) is 16.8 Å². The van der Waals surface area contributed by atoms with Gasteiger partial charge in [-0.15, -0.1) is 0 Å². The second-order valence-electron chi connectivity index (χ2n) is 4.35. The van der Waals surface area contributed by atoms with Crippen molar-refractivity contribution in [3.63, 3.8) is 0 Å². The fourth-order valence-corrected chi connectivity index (χ4v) is 2.11. The molecule has 1 heterocycles. The van der Waals surface area contributed by atoms with Crippen molar-refractivity contribution in [2.75, 3.05) is 0 Å². The Morgan fingerprint density at radius 2 is 2.05 bits per heavy atom. The van der Waals surface area contributed by atoms with Crippen LogP contribution < -0.4 is 5.32 Å². The van der Waals surface area contributed by atoms with E-state index in [4.69, 9.17) is 0 Å². The number of amides is 1. The van der Waals surface area contributed by atoms with E-state index >= 15 is 0 Å². The molecule has 4 heteroatoms. The van der Waals surface area contributed by atoms with E-state index in [0.717, 1.165) is 21.3 Å². The Morgan fingerprint density at radius 1 is 1.26 bits per heavy atom. The molecule has 0 fully saturated rings. The molecule has 19 heavy (non-hydrogen) atoms. The van der Waals surface area contributed by atoms with Gasteiger partial charge in [0.05, 0.1) is 6.42 Å². The van der Waals surface area contributed by atoms with E-state index in [-0.39, 0.29) is 5.91 Å². The summed E-state index contributed by atoms with van der Waals surface area (Å²) in [7, 11) is 0. The zero-order valence-corrected chi connectivity index (χ0v) is 12.3. The van der Waals surface area contributed by atoms with E-state index in [0.29, 0.717) is 13.0 Å². The summed E-state index contributed by atoms with van der Waals surface area (Å²) in [6.45, 7) is 2.45. The highest BCUT2D eigenvalue weighted by Gasteiger charge is 2.06. The molecule has 0 radical (unpaired) electrons. The van der Waals surface area contributed by atoms with Crippen molar-refractivity contribution in [1.82, 2.24) is 10.3 Å². The Kier molecular flexibility index (Phi) is 4.68. The monoisotopic (exact) mass is 318 g/mol. The summed E-state index contributed by atoms with van der Waals surface area (Å²) < 4.78 is 0.960. The molecule has 0 aliphatic rings. The van der Waals surface area contributed by atoms with Crippen molar-refractivity contribution in [2.45, 2.75) is 19.9 Å². The number of carbonyl (C=O) groups excluding carboxylic acids is 1. The number of aromatic nitrogens is 1. The van der Waals surface area contributed by atoms with Gasteiger partial charge in [0.1, 0.15) is 0 Å². The largest absolute Gasteiger partial charge is 0.352 e. The second-order valence-corrected chi connectivity index (χ2v) is 5.21. The number of hydrogen-bond donors (Lipinski definition) is 1. The van der Waals surface area contributed by atoms with Gasteiger partial charge in [-0.3, -0.25) is 9.78 Å². The average molecular weight is 319 g/mol. The molecular formula is C15H15BrN2O. The zero-order valence-electron chi connectivity index (χ0n) is 10.7. The van der Waals surface area contributed by atoms with Crippen LogP contribution in [0, 0.1) is 6.92 Å². The van der Waals surface area contributed by atoms with Gasteiger partial charge in [0.15, 0.2) is 0 Å². The van der Waals surface area contributed by atoms with Gasteiger partial charge in [0, 0.05) is 22.9 Å². The Balaban J connectivity index is 1.88.